The van der Waals surface area contributed by atoms with E-state index < -0.39 is 0 Å². The summed E-state index contributed by atoms with van der Waals surface area (Å²) in [6.07, 6.45) is 3.64. The lowest BCUT2D eigenvalue weighted by Gasteiger charge is -2.13. The highest BCUT2D eigenvalue weighted by molar-refractivity contribution is 5.96. The molecule has 0 aliphatic carbocycles. The number of anilines is 1. The van der Waals surface area contributed by atoms with Crippen molar-refractivity contribution in [2.24, 2.45) is 0 Å². The van der Waals surface area contributed by atoms with Crippen LogP contribution < -0.4 is 11.1 Å². The number of amides is 1. The zero-order valence-electron chi connectivity index (χ0n) is 12.5. The molecule has 0 aliphatic rings. The largest absolute Gasteiger partial charge is 0.382 e. The first-order valence-electron chi connectivity index (χ1n) is 7.19. The molecular formula is C16H20N4O2. The Morgan fingerprint density at radius 1 is 1.27 bits per heavy atom. The topological polar surface area (TPSA) is 90.1 Å². The van der Waals surface area contributed by atoms with Crippen molar-refractivity contribution in [3.05, 3.63) is 54.0 Å². The summed E-state index contributed by atoms with van der Waals surface area (Å²) < 4.78 is 5.74. The van der Waals surface area contributed by atoms with E-state index in [0.717, 1.165) is 5.56 Å². The maximum atomic E-state index is 11.8. The van der Waals surface area contributed by atoms with Gasteiger partial charge in [-0.15, -0.1) is 0 Å². The fourth-order valence-electron chi connectivity index (χ4n) is 1.96. The van der Waals surface area contributed by atoms with Crippen LogP contribution in [0.4, 0.5) is 5.82 Å². The number of aromatic nitrogens is 2. The van der Waals surface area contributed by atoms with Crippen LogP contribution in [-0.2, 0) is 4.74 Å². The molecule has 0 unspecified atom stereocenters. The number of rotatable bonds is 7. The Bertz CT molecular complexity index is 604. The summed E-state index contributed by atoms with van der Waals surface area (Å²) in [5, 5.41) is 2.75. The molecule has 0 fully saturated rings. The first-order valence-corrected chi connectivity index (χ1v) is 7.19. The highest BCUT2D eigenvalue weighted by Crippen LogP contribution is 2.15. The summed E-state index contributed by atoms with van der Waals surface area (Å²) in [5.74, 6) is -0.185. The first kappa shape index (κ1) is 15.9. The molecule has 1 aromatic heterocycles. The predicted octanol–water partition coefficient (Wildman–Crippen LogP) is 1.96. The van der Waals surface area contributed by atoms with Crippen LogP contribution in [0.1, 0.15) is 35.5 Å². The number of nitrogens with one attached hydrogen (secondary N) is 1. The van der Waals surface area contributed by atoms with E-state index in [1.807, 2.05) is 37.3 Å². The van der Waals surface area contributed by atoms with Crippen LogP contribution in [0.15, 0.2) is 42.7 Å². The predicted molar refractivity (Wildman–Crippen MR) is 84.2 cm³/mol. The van der Waals surface area contributed by atoms with Gasteiger partial charge < -0.3 is 15.8 Å². The quantitative estimate of drug-likeness (QED) is 0.763. The number of hydrogen-bond donors (Lipinski definition) is 2. The Morgan fingerprint density at radius 2 is 2.00 bits per heavy atom. The van der Waals surface area contributed by atoms with Crippen molar-refractivity contribution in [3.63, 3.8) is 0 Å². The molecule has 6 heteroatoms. The molecule has 6 nitrogen and oxygen atoms in total. The second-order valence-electron chi connectivity index (χ2n) is 4.82. The number of carbonyl (C=O) groups is 1. The maximum Gasteiger partial charge on any atom is 0.273 e. The van der Waals surface area contributed by atoms with Crippen LogP contribution >= 0.6 is 0 Å². The molecule has 0 radical (unpaired) electrons. The normalized spacial score (nSPS) is 11.9. The molecule has 1 atom stereocenters. The monoisotopic (exact) mass is 300 g/mol. The zero-order valence-corrected chi connectivity index (χ0v) is 12.5. The zero-order chi connectivity index (χ0) is 15.8. The fraction of sp³-hybridized carbons (Fsp3) is 0.312. The molecule has 1 amide bonds. The van der Waals surface area contributed by atoms with Gasteiger partial charge in [-0.25, -0.2) is 9.97 Å². The first-order chi connectivity index (χ1) is 10.7. The van der Waals surface area contributed by atoms with Crippen LogP contribution in [0.5, 0.6) is 0 Å². The van der Waals surface area contributed by atoms with E-state index in [9.17, 15) is 4.79 Å². The van der Waals surface area contributed by atoms with Gasteiger partial charge in [-0.2, -0.15) is 0 Å². The smallest absolute Gasteiger partial charge is 0.273 e. The molecule has 116 valence electrons. The lowest BCUT2D eigenvalue weighted by atomic mass is 10.1. The summed E-state index contributed by atoms with van der Waals surface area (Å²) in [6.45, 7) is 3.07. The molecule has 22 heavy (non-hydrogen) atoms. The number of nitrogen functional groups attached to an aromatic ring is 1. The van der Waals surface area contributed by atoms with Crippen LogP contribution in [-0.4, -0.2) is 29.0 Å². The minimum atomic E-state index is -0.318. The number of hydrogen-bond acceptors (Lipinski definition) is 5. The number of carbonyl (C=O) groups excluding carboxylic acids is 1. The minimum absolute atomic E-state index is 0.0348. The summed E-state index contributed by atoms with van der Waals surface area (Å²) in [7, 11) is 0. The van der Waals surface area contributed by atoms with E-state index in [1.54, 1.807) is 0 Å². The Hall–Kier alpha value is -2.47. The van der Waals surface area contributed by atoms with Crippen LogP contribution in [0.3, 0.4) is 0 Å². The second-order valence-corrected chi connectivity index (χ2v) is 4.82. The van der Waals surface area contributed by atoms with Crippen molar-refractivity contribution >= 4 is 11.7 Å². The molecule has 1 heterocycles. The third-order valence-electron chi connectivity index (χ3n) is 3.19. The van der Waals surface area contributed by atoms with Gasteiger partial charge in [-0.3, -0.25) is 4.79 Å². The Labute approximate surface area is 129 Å². The van der Waals surface area contributed by atoms with Gasteiger partial charge in [0.1, 0.15) is 0 Å². The van der Waals surface area contributed by atoms with E-state index in [2.05, 4.69) is 15.3 Å². The molecule has 3 N–H and O–H groups in total. The molecule has 1 aromatic carbocycles. The lowest BCUT2D eigenvalue weighted by molar-refractivity contribution is 0.0634. The van der Waals surface area contributed by atoms with Crippen molar-refractivity contribution < 1.29 is 9.53 Å². The molecule has 0 aliphatic heterocycles. The van der Waals surface area contributed by atoms with Crippen LogP contribution in [0.25, 0.3) is 0 Å². The molecule has 0 saturated heterocycles. The number of ether oxygens (including phenoxy) is 1. The lowest BCUT2D eigenvalue weighted by Crippen LogP contribution is -2.27. The molecule has 2 rings (SSSR count). The summed E-state index contributed by atoms with van der Waals surface area (Å²) >= 11 is 0. The van der Waals surface area contributed by atoms with Gasteiger partial charge in [0.05, 0.1) is 6.10 Å². The number of nitrogens with zero attached hydrogens (tertiary/aromatic N) is 2. The van der Waals surface area contributed by atoms with E-state index in [0.29, 0.717) is 19.6 Å². The average Bonchev–Trinajstić information content (AvgIpc) is 2.55. The standard InChI is InChI=1S/C16H20N4O2/c1-12(13-6-3-2-4-7-13)22-11-5-8-20-16(21)14-15(17)19-10-9-18-14/h2-4,6-7,9-10,12H,5,8,11H2,1H3,(H2,17,19)(H,20,21)/t12-/m1/s1. The Morgan fingerprint density at radius 3 is 2.73 bits per heavy atom. The molecule has 2 aromatic rings. The van der Waals surface area contributed by atoms with E-state index in [-0.39, 0.29) is 23.5 Å². The van der Waals surface area contributed by atoms with E-state index >= 15 is 0 Å². The van der Waals surface area contributed by atoms with Gasteiger partial charge in [-0.1, -0.05) is 30.3 Å². The van der Waals surface area contributed by atoms with Crippen molar-refractivity contribution in [2.45, 2.75) is 19.4 Å². The van der Waals surface area contributed by atoms with E-state index in [4.69, 9.17) is 10.5 Å². The van der Waals surface area contributed by atoms with Gasteiger partial charge in [0, 0.05) is 25.5 Å². The van der Waals surface area contributed by atoms with Gasteiger partial charge in [-0.05, 0) is 18.9 Å². The van der Waals surface area contributed by atoms with Crippen molar-refractivity contribution in [1.82, 2.24) is 15.3 Å². The fourth-order valence-corrected chi connectivity index (χ4v) is 1.96. The number of benzene rings is 1. The average molecular weight is 300 g/mol. The summed E-state index contributed by atoms with van der Waals surface area (Å²) in [6, 6.07) is 10.0. The van der Waals surface area contributed by atoms with Crippen LogP contribution in [0.2, 0.25) is 0 Å². The summed E-state index contributed by atoms with van der Waals surface area (Å²) in [5.41, 5.74) is 6.89. The van der Waals surface area contributed by atoms with Gasteiger partial charge >= 0.3 is 0 Å². The van der Waals surface area contributed by atoms with Crippen molar-refractivity contribution in [3.8, 4) is 0 Å². The Kier molecular flexibility index (Phi) is 5.85. The second kappa shape index (κ2) is 8.09. The SMILES string of the molecule is C[C@@H](OCCCNC(=O)c1nccnc1N)c1ccccc1. The third kappa shape index (κ3) is 4.53. The maximum absolute atomic E-state index is 11.8. The van der Waals surface area contributed by atoms with Gasteiger partial charge in [0.15, 0.2) is 11.5 Å². The molecular weight excluding hydrogens is 280 g/mol. The third-order valence-corrected chi connectivity index (χ3v) is 3.19. The molecule has 0 bridgehead atoms. The number of nitrogens with two attached hydrogens (primary N) is 1. The van der Waals surface area contributed by atoms with Crippen molar-refractivity contribution in [1.29, 1.82) is 0 Å². The Balaban J connectivity index is 1.67. The summed E-state index contributed by atoms with van der Waals surface area (Å²) in [4.78, 5) is 19.6. The van der Waals surface area contributed by atoms with Crippen molar-refractivity contribution in [2.75, 3.05) is 18.9 Å². The van der Waals surface area contributed by atoms with Crippen LogP contribution in [0, 0.1) is 0 Å². The molecule has 0 saturated carbocycles. The van der Waals surface area contributed by atoms with Gasteiger partial charge in [0.2, 0.25) is 0 Å². The minimum Gasteiger partial charge on any atom is -0.382 e. The van der Waals surface area contributed by atoms with Gasteiger partial charge in [0.25, 0.3) is 5.91 Å². The van der Waals surface area contributed by atoms with E-state index in [1.165, 1.54) is 12.4 Å². The molecule has 0 spiro atoms. The highest BCUT2D eigenvalue weighted by Gasteiger charge is 2.11. The highest BCUT2D eigenvalue weighted by atomic mass is 16.5.